The summed E-state index contributed by atoms with van der Waals surface area (Å²) in [6.45, 7) is 0. The van der Waals surface area contributed by atoms with Crippen LogP contribution in [0.5, 0.6) is 0 Å². The highest BCUT2D eigenvalue weighted by Crippen LogP contribution is 2.13. The molecule has 0 saturated carbocycles. The Morgan fingerprint density at radius 1 is 1.24 bits per heavy atom. The van der Waals surface area contributed by atoms with Crippen molar-refractivity contribution in [3.05, 3.63) is 41.3 Å². The van der Waals surface area contributed by atoms with Crippen molar-refractivity contribution in [1.82, 2.24) is 24.4 Å². The number of fused-ring (bicyclic) bond motifs is 1. The van der Waals surface area contributed by atoms with Gasteiger partial charge >= 0.3 is 0 Å². The van der Waals surface area contributed by atoms with E-state index < -0.39 is 0 Å². The fourth-order valence-electron chi connectivity index (χ4n) is 1.52. The van der Waals surface area contributed by atoms with E-state index in [2.05, 4.69) is 15.3 Å². The minimum Gasteiger partial charge on any atom is -0.296 e. The highest BCUT2D eigenvalue weighted by molar-refractivity contribution is 6.30. The van der Waals surface area contributed by atoms with E-state index >= 15 is 0 Å². The van der Waals surface area contributed by atoms with Crippen molar-refractivity contribution in [3.63, 3.8) is 0 Å². The van der Waals surface area contributed by atoms with Crippen molar-refractivity contribution >= 4 is 23.5 Å². The number of aromatic nitrogens is 5. The SMILES string of the molecule is O=Cc1ccn(-c2nnc3cc(Cl)ccn23)n1. The molecule has 3 rings (SSSR count). The summed E-state index contributed by atoms with van der Waals surface area (Å²) < 4.78 is 3.21. The summed E-state index contributed by atoms with van der Waals surface area (Å²) in [7, 11) is 0. The van der Waals surface area contributed by atoms with E-state index in [0.717, 1.165) is 0 Å². The van der Waals surface area contributed by atoms with Crippen LogP contribution in [0.3, 0.4) is 0 Å². The fourth-order valence-corrected chi connectivity index (χ4v) is 1.68. The predicted octanol–water partition coefficient (Wildman–Crippen LogP) is 1.38. The van der Waals surface area contributed by atoms with E-state index in [9.17, 15) is 4.79 Å². The van der Waals surface area contributed by atoms with Crippen molar-refractivity contribution in [2.75, 3.05) is 0 Å². The average molecular weight is 248 g/mol. The van der Waals surface area contributed by atoms with Crippen LogP contribution in [-0.2, 0) is 0 Å². The van der Waals surface area contributed by atoms with Gasteiger partial charge in [0.1, 0.15) is 5.69 Å². The van der Waals surface area contributed by atoms with Crippen LogP contribution in [0.1, 0.15) is 10.5 Å². The maximum Gasteiger partial charge on any atom is 0.256 e. The zero-order chi connectivity index (χ0) is 11.8. The van der Waals surface area contributed by atoms with E-state index in [-0.39, 0.29) is 0 Å². The molecule has 0 aliphatic rings. The quantitative estimate of drug-likeness (QED) is 0.642. The topological polar surface area (TPSA) is 65.1 Å². The Labute approximate surface area is 100 Å². The molecule has 6 nitrogen and oxygen atoms in total. The second kappa shape index (κ2) is 3.67. The number of nitrogens with zero attached hydrogens (tertiary/aromatic N) is 5. The highest BCUT2D eigenvalue weighted by Gasteiger charge is 2.08. The summed E-state index contributed by atoms with van der Waals surface area (Å²) in [5.41, 5.74) is 0.964. The number of carbonyl (C=O) groups is 1. The summed E-state index contributed by atoms with van der Waals surface area (Å²) >= 11 is 5.85. The number of carbonyl (C=O) groups excluding carboxylic acids is 1. The number of pyridine rings is 1. The van der Waals surface area contributed by atoms with E-state index in [1.54, 1.807) is 35.0 Å². The average Bonchev–Trinajstić information content (AvgIpc) is 2.93. The Morgan fingerprint density at radius 2 is 2.12 bits per heavy atom. The van der Waals surface area contributed by atoms with Crippen molar-refractivity contribution in [2.45, 2.75) is 0 Å². The van der Waals surface area contributed by atoms with E-state index in [0.29, 0.717) is 28.6 Å². The molecule has 0 saturated heterocycles. The first kappa shape index (κ1) is 9.98. The van der Waals surface area contributed by atoms with Crippen LogP contribution < -0.4 is 0 Å². The van der Waals surface area contributed by atoms with Gasteiger partial charge in [0.2, 0.25) is 0 Å². The van der Waals surface area contributed by atoms with Crippen LogP contribution in [0.2, 0.25) is 5.02 Å². The molecule has 0 radical (unpaired) electrons. The van der Waals surface area contributed by atoms with E-state index in [4.69, 9.17) is 11.6 Å². The maximum absolute atomic E-state index is 10.6. The molecule has 0 fully saturated rings. The van der Waals surface area contributed by atoms with Gasteiger partial charge in [-0.3, -0.25) is 9.20 Å². The van der Waals surface area contributed by atoms with E-state index in [1.807, 2.05) is 0 Å². The molecule has 0 N–H and O–H groups in total. The van der Waals surface area contributed by atoms with Gasteiger partial charge in [-0.1, -0.05) is 11.6 Å². The monoisotopic (exact) mass is 247 g/mol. The third-order valence-electron chi connectivity index (χ3n) is 2.29. The molecule has 3 aromatic heterocycles. The molecule has 0 atom stereocenters. The first-order chi connectivity index (χ1) is 8.28. The Morgan fingerprint density at radius 3 is 2.88 bits per heavy atom. The number of rotatable bonds is 2. The molecule has 7 heteroatoms. The standard InChI is InChI=1S/C10H6ClN5O/c11-7-1-3-15-9(5-7)12-13-10(15)16-4-2-8(6-17)14-16/h1-6H. The van der Waals surface area contributed by atoms with Gasteiger partial charge in [-0.25, -0.2) is 4.68 Å². The minimum atomic E-state index is 0.343. The molecular formula is C10H6ClN5O. The molecule has 0 spiro atoms. The van der Waals surface area contributed by atoms with Gasteiger partial charge in [0.25, 0.3) is 5.95 Å². The fraction of sp³-hybridized carbons (Fsp3) is 0. The summed E-state index contributed by atoms with van der Waals surface area (Å²) in [6, 6.07) is 5.03. The molecule has 0 aromatic carbocycles. The van der Waals surface area contributed by atoms with Gasteiger partial charge in [0.15, 0.2) is 11.9 Å². The molecule has 0 unspecified atom stereocenters. The van der Waals surface area contributed by atoms with Crippen molar-refractivity contribution in [3.8, 4) is 5.95 Å². The van der Waals surface area contributed by atoms with Gasteiger partial charge in [0.05, 0.1) is 0 Å². The van der Waals surface area contributed by atoms with Crippen LogP contribution in [0.4, 0.5) is 0 Å². The molecule has 3 aromatic rings. The lowest BCUT2D eigenvalue weighted by Crippen LogP contribution is -2.01. The van der Waals surface area contributed by atoms with Crippen LogP contribution in [-0.4, -0.2) is 30.7 Å². The molecular weight excluding hydrogens is 242 g/mol. The second-order valence-electron chi connectivity index (χ2n) is 3.38. The molecule has 0 amide bonds. The Bertz CT molecular complexity index is 702. The first-order valence-electron chi connectivity index (χ1n) is 4.79. The first-order valence-corrected chi connectivity index (χ1v) is 5.17. The number of hydrogen-bond donors (Lipinski definition) is 0. The Hall–Kier alpha value is -2.21. The normalized spacial score (nSPS) is 10.9. The predicted molar refractivity (Wildman–Crippen MR) is 60.5 cm³/mol. The smallest absolute Gasteiger partial charge is 0.256 e. The highest BCUT2D eigenvalue weighted by atomic mass is 35.5. The summed E-state index contributed by atoms with van der Waals surface area (Å²) in [5, 5.41) is 12.6. The Balaban J connectivity index is 2.20. The van der Waals surface area contributed by atoms with Crippen LogP contribution >= 0.6 is 11.6 Å². The number of halogens is 1. The molecule has 0 bridgehead atoms. The van der Waals surface area contributed by atoms with Crippen LogP contribution in [0.15, 0.2) is 30.6 Å². The lowest BCUT2D eigenvalue weighted by Gasteiger charge is -1.98. The number of aldehydes is 1. The van der Waals surface area contributed by atoms with Crippen LogP contribution in [0, 0.1) is 0 Å². The van der Waals surface area contributed by atoms with Gasteiger partial charge in [-0.05, 0) is 12.1 Å². The molecule has 17 heavy (non-hydrogen) atoms. The summed E-state index contributed by atoms with van der Waals surface area (Å²) in [5.74, 6) is 0.504. The zero-order valence-electron chi connectivity index (χ0n) is 8.49. The third-order valence-corrected chi connectivity index (χ3v) is 2.52. The van der Waals surface area contributed by atoms with Gasteiger partial charge in [-0.15, -0.1) is 10.2 Å². The zero-order valence-corrected chi connectivity index (χ0v) is 9.24. The largest absolute Gasteiger partial charge is 0.296 e. The van der Waals surface area contributed by atoms with Gasteiger partial charge in [-0.2, -0.15) is 5.10 Å². The summed E-state index contributed by atoms with van der Waals surface area (Å²) in [4.78, 5) is 10.6. The third kappa shape index (κ3) is 1.58. The minimum absolute atomic E-state index is 0.343. The lowest BCUT2D eigenvalue weighted by atomic mass is 10.5. The van der Waals surface area contributed by atoms with Gasteiger partial charge in [0, 0.05) is 23.5 Å². The van der Waals surface area contributed by atoms with E-state index in [1.165, 1.54) is 4.68 Å². The lowest BCUT2D eigenvalue weighted by molar-refractivity contribution is 0.111. The van der Waals surface area contributed by atoms with Gasteiger partial charge < -0.3 is 0 Å². The molecule has 0 aliphatic carbocycles. The van der Waals surface area contributed by atoms with Crippen LogP contribution in [0.25, 0.3) is 11.6 Å². The Kier molecular flexibility index (Phi) is 2.15. The van der Waals surface area contributed by atoms with Crippen molar-refractivity contribution in [2.24, 2.45) is 0 Å². The second-order valence-corrected chi connectivity index (χ2v) is 3.81. The van der Waals surface area contributed by atoms with Crippen molar-refractivity contribution < 1.29 is 4.79 Å². The number of hydrogen-bond acceptors (Lipinski definition) is 4. The van der Waals surface area contributed by atoms with Crippen molar-refractivity contribution in [1.29, 1.82) is 0 Å². The molecule has 0 aliphatic heterocycles. The molecule has 3 heterocycles. The summed E-state index contributed by atoms with van der Waals surface area (Å²) in [6.07, 6.45) is 4.07. The maximum atomic E-state index is 10.6. The molecule has 84 valence electrons.